The van der Waals surface area contributed by atoms with Crippen molar-refractivity contribution in [1.29, 1.82) is 0 Å². The number of carbonyl (C=O) groups is 1. The van der Waals surface area contributed by atoms with Gasteiger partial charge >= 0.3 is 0 Å². The first kappa shape index (κ1) is 8.20. The van der Waals surface area contributed by atoms with E-state index in [1.54, 1.807) is 11.3 Å². The molecule has 0 aliphatic rings. The molecule has 0 bridgehead atoms. The van der Waals surface area contributed by atoms with E-state index in [0.29, 0.717) is 5.82 Å². The highest BCUT2D eigenvalue weighted by Crippen LogP contribution is 2.13. The predicted molar refractivity (Wildman–Crippen MR) is 45.8 cm³/mol. The molecule has 0 atom stereocenters. The molecular weight excluding hydrogens is 160 g/mol. The predicted octanol–water partition coefficient (Wildman–Crippen LogP) is 1.66. The number of amides is 1. The molecular formula is C7H10N2OS. The Hall–Kier alpha value is -0.900. The molecule has 60 valence electrons. The van der Waals surface area contributed by atoms with Gasteiger partial charge in [-0.2, -0.15) is 0 Å². The summed E-state index contributed by atoms with van der Waals surface area (Å²) in [6.07, 6.45) is 0.921. The highest BCUT2D eigenvalue weighted by Gasteiger charge is 1.99. The molecule has 1 heterocycles. The summed E-state index contributed by atoms with van der Waals surface area (Å²) in [6.45, 7) is 3.52. The minimum atomic E-state index is -0.0713. The van der Waals surface area contributed by atoms with Gasteiger partial charge in [0.1, 0.15) is 5.82 Å². The number of nitrogens with one attached hydrogen (secondary N) is 1. The number of rotatable bonds is 2. The molecule has 0 saturated carbocycles. The van der Waals surface area contributed by atoms with Crippen LogP contribution in [0, 0.1) is 0 Å². The Morgan fingerprint density at radius 2 is 2.55 bits per heavy atom. The summed E-state index contributed by atoms with van der Waals surface area (Å²) >= 11 is 1.57. The van der Waals surface area contributed by atoms with Gasteiger partial charge in [0, 0.05) is 12.3 Å². The summed E-state index contributed by atoms with van der Waals surface area (Å²) in [6, 6.07) is 0. The second-order valence-electron chi connectivity index (χ2n) is 2.16. The minimum Gasteiger partial charge on any atom is -0.310 e. The lowest BCUT2D eigenvalue weighted by Crippen LogP contribution is -2.05. The quantitative estimate of drug-likeness (QED) is 0.733. The fourth-order valence-corrected chi connectivity index (χ4v) is 1.39. The first-order valence-electron chi connectivity index (χ1n) is 3.44. The molecule has 1 N–H and O–H groups in total. The van der Waals surface area contributed by atoms with E-state index in [4.69, 9.17) is 0 Å². The number of hydrogen-bond acceptors (Lipinski definition) is 3. The molecule has 0 aliphatic heterocycles. The van der Waals surface area contributed by atoms with E-state index in [1.807, 2.05) is 12.3 Å². The maximum atomic E-state index is 10.6. The Morgan fingerprint density at radius 1 is 1.82 bits per heavy atom. The molecule has 4 heteroatoms. The van der Waals surface area contributed by atoms with Gasteiger partial charge in [-0.1, -0.05) is 6.92 Å². The van der Waals surface area contributed by atoms with Crippen LogP contribution in [0.3, 0.4) is 0 Å². The minimum absolute atomic E-state index is 0.0713. The van der Waals surface area contributed by atoms with Crippen LogP contribution in [0.2, 0.25) is 0 Å². The monoisotopic (exact) mass is 170 g/mol. The smallest absolute Gasteiger partial charge is 0.222 e. The molecule has 0 fully saturated rings. The largest absolute Gasteiger partial charge is 0.310 e. The molecule has 1 amide bonds. The third-order valence-corrected chi connectivity index (χ3v) is 2.15. The first-order valence-corrected chi connectivity index (χ1v) is 4.32. The number of carbonyl (C=O) groups excluding carboxylic acids is 1. The van der Waals surface area contributed by atoms with Crippen molar-refractivity contribution in [1.82, 2.24) is 4.98 Å². The van der Waals surface area contributed by atoms with Crippen molar-refractivity contribution in [3.05, 3.63) is 10.4 Å². The third kappa shape index (κ3) is 2.31. The zero-order chi connectivity index (χ0) is 8.27. The summed E-state index contributed by atoms with van der Waals surface area (Å²) in [5.41, 5.74) is 0. The van der Waals surface area contributed by atoms with Crippen molar-refractivity contribution >= 4 is 23.1 Å². The molecule has 0 aromatic carbocycles. The zero-order valence-corrected chi connectivity index (χ0v) is 7.36. The van der Waals surface area contributed by atoms with Gasteiger partial charge in [0.15, 0.2) is 0 Å². The van der Waals surface area contributed by atoms with Gasteiger partial charge in [-0.3, -0.25) is 4.79 Å². The lowest BCUT2D eigenvalue weighted by Gasteiger charge is -1.92. The molecule has 1 aromatic heterocycles. The van der Waals surface area contributed by atoms with Crippen molar-refractivity contribution < 1.29 is 4.79 Å². The molecule has 3 nitrogen and oxygen atoms in total. The molecule has 1 rings (SSSR count). The summed E-state index contributed by atoms with van der Waals surface area (Å²) in [4.78, 5) is 14.7. The highest BCUT2D eigenvalue weighted by molar-refractivity contribution is 7.10. The highest BCUT2D eigenvalue weighted by atomic mass is 32.1. The van der Waals surface area contributed by atoms with Crippen molar-refractivity contribution in [3.63, 3.8) is 0 Å². The lowest BCUT2D eigenvalue weighted by molar-refractivity contribution is -0.114. The number of nitrogens with zero attached hydrogens (tertiary/aromatic N) is 1. The molecule has 0 aliphatic carbocycles. The van der Waals surface area contributed by atoms with Gasteiger partial charge in [0.2, 0.25) is 5.91 Å². The van der Waals surface area contributed by atoms with Crippen LogP contribution in [-0.2, 0) is 11.2 Å². The van der Waals surface area contributed by atoms with E-state index in [0.717, 1.165) is 11.4 Å². The van der Waals surface area contributed by atoms with Gasteiger partial charge in [0.05, 0.1) is 5.01 Å². The Kier molecular flexibility index (Phi) is 2.59. The van der Waals surface area contributed by atoms with Crippen LogP contribution in [0.15, 0.2) is 5.38 Å². The number of aromatic nitrogens is 1. The van der Waals surface area contributed by atoms with Crippen molar-refractivity contribution in [2.45, 2.75) is 20.3 Å². The normalized spacial score (nSPS) is 9.64. The number of anilines is 1. The molecule has 0 radical (unpaired) electrons. The maximum absolute atomic E-state index is 10.6. The summed E-state index contributed by atoms with van der Waals surface area (Å²) < 4.78 is 0. The average Bonchev–Trinajstić information content (AvgIpc) is 2.34. The Balaban J connectivity index is 2.65. The van der Waals surface area contributed by atoms with E-state index in [2.05, 4.69) is 10.3 Å². The van der Waals surface area contributed by atoms with E-state index in [1.165, 1.54) is 6.92 Å². The summed E-state index contributed by atoms with van der Waals surface area (Å²) in [5, 5.41) is 5.52. The number of thiazole rings is 1. The van der Waals surface area contributed by atoms with Gasteiger partial charge in [-0.05, 0) is 6.42 Å². The van der Waals surface area contributed by atoms with Crippen LogP contribution >= 0.6 is 11.3 Å². The zero-order valence-electron chi connectivity index (χ0n) is 6.55. The fraction of sp³-hybridized carbons (Fsp3) is 0.429. The maximum Gasteiger partial charge on any atom is 0.222 e. The van der Waals surface area contributed by atoms with Crippen molar-refractivity contribution in [2.24, 2.45) is 0 Å². The molecule has 0 unspecified atom stereocenters. The number of aryl methyl sites for hydroxylation is 1. The van der Waals surface area contributed by atoms with Crippen LogP contribution in [0.25, 0.3) is 0 Å². The Morgan fingerprint density at radius 3 is 3.00 bits per heavy atom. The topological polar surface area (TPSA) is 42.0 Å². The molecule has 1 aromatic rings. The number of hydrogen-bond donors (Lipinski definition) is 1. The van der Waals surface area contributed by atoms with Gasteiger partial charge in [-0.25, -0.2) is 4.98 Å². The lowest BCUT2D eigenvalue weighted by atomic mass is 10.5. The first-order chi connectivity index (χ1) is 5.22. The second kappa shape index (κ2) is 3.48. The van der Waals surface area contributed by atoms with Gasteiger partial charge in [0.25, 0.3) is 0 Å². The van der Waals surface area contributed by atoms with Crippen molar-refractivity contribution in [2.75, 3.05) is 5.32 Å². The van der Waals surface area contributed by atoms with Gasteiger partial charge < -0.3 is 5.32 Å². The Bertz CT molecular complexity index is 257. The van der Waals surface area contributed by atoms with Crippen LogP contribution in [0.4, 0.5) is 5.82 Å². The Labute approximate surface area is 69.5 Å². The SMILES string of the molecule is CCc1nc(NC(C)=O)cs1. The van der Waals surface area contributed by atoms with Crippen LogP contribution in [0.5, 0.6) is 0 Å². The molecule has 11 heavy (non-hydrogen) atoms. The molecule has 0 saturated heterocycles. The van der Waals surface area contributed by atoms with E-state index < -0.39 is 0 Å². The second-order valence-corrected chi connectivity index (χ2v) is 3.10. The summed E-state index contributed by atoms with van der Waals surface area (Å²) in [7, 11) is 0. The van der Waals surface area contributed by atoms with Gasteiger partial charge in [-0.15, -0.1) is 11.3 Å². The molecule has 0 spiro atoms. The van der Waals surface area contributed by atoms with Crippen molar-refractivity contribution in [3.8, 4) is 0 Å². The summed E-state index contributed by atoms with van der Waals surface area (Å²) in [5.74, 6) is 0.595. The van der Waals surface area contributed by atoms with Crippen LogP contribution < -0.4 is 5.32 Å². The van der Waals surface area contributed by atoms with E-state index in [-0.39, 0.29) is 5.91 Å². The van der Waals surface area contributed by atoms with Crippen LogP contribution in [0.1, 0.15) is 18.9 Å². The van der Waals surface area contributed by atoms with E-state index in [9.17, 15) is 4.79 Å². The third-order valence-electron chi connectivity index (χ3n) is 1.16. The van der Waals surface area contributed by atoms with E-state index >= 15 is 0 Å². The van der Waals surface area contributed by atoms with Crippen LogP contribution in [-0.4, -0.2) is 10.9 Å². The fourth-order valence-electron chi connectivity index (χ4n) is 0.711. The standard InChI is InChI=1S/C7H10N2OS/c1-3-7-9-6(4-11-7)8-5(2)10/h4H,3H2,1-2H3,(H,8,10). The average molecular weight is 170 g/mol.